The number of carboxylic acid groups (broad SMARTS) is 1. The molecule has 7 heteroatoms. The highest BCUT2D eigenvalue weighted by molar-refractivity contribution is 9.11. The molecule has 1 amide bonds. The second-order valence-electron chi connectivity index (χ2n) is 5.57. The lowest BCUT2D eigenvalue weighted by atomic mass is 9.87. The number of amides is 1. The lowest BCUT2D eigenvalue weighted by Crippen LogP contribution is -2.50. The van der Waals surface area contributed by atoms with Crippen LogP contribution in [0.5, 0.6) is 5.75 Å². The number of rotatable bonds is 5. The van der Waals surface area contributed by atoms with Gasteiger partial charge in [-0.3, -0.25) is 4.79 Å². The van der Waals surface area contributed by atoms with E-state index in [1.165, 1.54) is 0 Å². The van der Waals surface area contributed by atoms with Crippen LogP contribution in [0, 0.1) is 5.41 Å². The van der Waals surface area contributed by atoms with Crippen LogP contribution in [-0.2, 0) is 9.59 Å². The summed E-state index contributed by atoms with van der Waals surface area (Å²) in [6.45, 7) is 4.99. The van der Waals surface area contributed by atoms with Crippen LogP contribution in [0.25, 0.3) is 0 Å². The lowest BCUT2D eigenvalue weighted by molar-refractivity contribution is -0.145. The molecule has 0 aromatic heterocycles. The molecule has 0 saturated heterocycles. The fourth-order valence-electron chi connectivity index (χ4n) is 1.59. The number of aliphatic carboxylic acids is 1. The van der Waals surface area contributed by atoms with Crippen LogP contribution in [0.15, 0.2) is 27.1 Å². The van der Waals surface area contributed by atoms with Gasteiger partial charge in [0.25, 0.3) is 5.91 Å². The van der Waals surface area contributed by atoms with Crippen molar-refractivity contribution >= 4 is 43.7 Å². The zero-order valence-electron chi connectivity index (χ0n) is 11.9. The van der Waals surface area contributed by atoms with Gasteiger partial charge in [0.05, 0.1) is 4.47 Å². The monoisotopic (exact) mass is 421 g/mol. The van der Waals surface area contributed by atoms with Crippen molar-refractivity contribution < 1.29 is 19.4 Å². The number of benzene rings is 1. The third-order valence-electron chi connectivity index (χ3n) is 2.67. The van der Waals surface area contributed by atoms with E-state index >= 15 is 0 Å². The second-order valence-corrected chi connectivity index (χ2v) is 7.34. The molecule has 0 fully saturated rings. The molecular formula is C14H17Br2NO4. The molecule has 21 heavy (non-hydrogen) atoms. The van der Waals surface area contributed by atoms with Crippen LogP contribution < -0.4 is 10.1 Å². The molecule has 0 heterocycles. The molecule has 0 aliphatic carbocycles. The highest BCUT2D eigenvalue weighted by atomic mass is 79.9. The number of carbonyl (C=O) groups is 2. The van der Waals surface area contributed by atoms with Crippen molar-refractivity contribution in [1.82, 2.24) is 5.32 Å². The van der Waals surface area contributed by atoms with Crippen LogP contribution in [0.3, 0.4) is 0 Å². The van der Waals surface area contributed by atoms with E-state index in [4.69, 9.17) is 9.84 Å². The minimum Gasteiger partial charge on any atom is -0.483 e. The van der Waals surface area contributed by atoms with Gasteiger partial charge in [0.1, 0.15) is 11.8 Å². The van der Waals surface area contributed by atoms with E-state index in [2.05, 4.69) is 37.2 Å². The molecule has 0 unspecified atom stereocenters. The summed E-state index contributed by atoms with van der Waals surface area (Å²) >= 11 is 6.64. The summed E-state index contributed by atoms with van der Waals surface area (Å²) in [5.74, 6) is -1.04. The summed E-state index contributed by atoms with van der Waals surface area (Å²) in [5, 5.41) is 11.6. The van der Waals surface area contributed by atoms with E-state index in [0.717, 1.165) is 4.47 Å². The van der Waals surface area contributed by atoms with Gasteiger partial charge in [0.15, 0.2) is 6.61 Å². The molecule has 0 spiro atoms. The molecule has 0 bridgehead atoms. The van der Waals surface area contributed by atoms with Gasteiger partial charge in [-0.15, -0.1) is 0 Å². The average Bonchev–Trinajstić information content (AvgIpc) is 2.33. The summed E-state index contributed by atoms with van der Waals surface area (Å²) in [6.07, 6.45) is 0. The summed E-state index contributed by atoms with van der Waals surface area (Å²) in [4.78, 5) is 23.0. The third kappa shape index (κ3) is 5.67. The maximum atomic E-state index is 11.8. The molecule has 0 aliphatic rings. The zero-order chi connectivity index (χ0) is 16.2. The number of carboxylic acids is 1. The molecule has 1 atom stereocenters. The Kier molecular flexibility index (Phi) is 6.22. The molecule has 5 nitrogen and oxygen atoms in total. The van der Waals surface area contributed by atoms with Gasteiger partial charge in [-0.05, 0) is 39.5 Å². The Bertz CT molecular complexity index is 540. The van der Waals surface area contributed by atoms with Gasteiger partial charge in [0.2, 0.25) is 0 Å². The topological polar surface area (TPSA) is 75.6 Å². The first-order valence-corrected chi connectivity index (χ1v) is 7.80. The first-order chi connectivity index (χ1) is 9.61. The molecule has 1 aromatic rings. The van der Waals surface area contributed by atoms with Gasteiger partial charge >= 0.3 is 5.97 Å². The Hall–Kier alpha value is -1.08. The summed E-state index contributed by atoms with van der Waals surface area (Å²) in [6, 6.07) is 4.32. The molecule has 1 rings (SSSR count). The molecule has 0 aliphatic heterocycles. The van der Waals surface area contributed by atoms with Crippen LogP contribution >= 0.6 is 31.9 Å². The van der Waals surface area contributed by atoms with Gasteiger partial charge in [-0.2, -0.15) is 0 Å². The van der Waals surface area contributed by atoms with Gasteiger partial charge in [0, 0.05) is 4.47 Å². The molecular weight excluding hydrogens is 406 g/mol. The zero-order valence-corrected chi connectivity index (χ0v) is 15.1. The van der Waals surface area contributed by atoms with E-state index in [1.807, 2.05) is 0 Å². The van der Waals surface area contributed by atoms with Crippen LogP contribution in [0.4, 0.5) is 0 Å². The largest absolute Gasteiger partial charge is 0.483 e. The number of carbonyl (C=O) groups excluding carboxylic acids is 1. The highest BCUT2D eigenvalue weighted by Gasteiger charge is 2.32. The normalized spacial score (nSPS) is 12.6. The van der Waals surface area contributed by atoms with Gasteiger partial charge in [-0.1, -0.05) is 36.7 Å². The fraction of sp³-hybridized carbons (Fsp3) is 0.429. The van der Waals surface area contributed by atoms with Crippen molar-refractivity contribution in [1.29, 1.82) is 0 Å². The average molecular weight is 423 g/mol. The highest BCUT2D eigenvalue weighted by Crippen LogP contribution is 2.28. The number of halogens is 2. The SMILES string of the molecule is CC(C)(C)[C@@H](NC(=O)COc1ccc(Br)cc1Br)C(=O)O. The Morgan fingerprint density at radius 3 is 2.43 bits per heavy atom. The van der Waals surface area contributed by atoms with Crippen molar-refractivity contribution in [2.75, 3.05) is 6.61 Å². The van der Waals surface area contributed by atoms with Crippen molar-refractivity contribution in [2.24, 2.45) is 5.41 Å². The Morgan fingerprint density at radius 1 is 1.33 bits per heavy atom. The predicted molar refractivity (Wildman–Crippen MR) is 86.4 cm³/mol. The molecule has 2 N–H and O–H groups in total. The first kappa shape index (κ1) is 18.0. The standard InChI is InChI=1S/C14H17Br2NO4/c1-14(2,3)12(13(19)20)17-11(18)7-21-10-5-4-8(15)6-9(10)16/h4-6,12H,7H2,1-3H3,(H,17,18)(H,19,20)/t12-/m0/s1. The van der Waals surface area contributed by atoms with E-state index in [0.29, 0.717) is 10.2 Å². The quantitative estimate of drug-likeness (QED) is 0.763. The van der Waals surface area contributed by atoms with Gasteiger partial charge < -0.3 is 15.2 Å². The smallest absolute Gasteiger partial charge is 0.326 e. The van der Waals surface area contributed by atoms with Crippen LogP contribution in [-0.4, -0.2) is 29.6 Å². The minimum absolute atomic E-state index is 0.250. The van der Waals surface area contributed by atoms with E-state index < -0.39 is 23.3 Å². The maximum absolute atomic E-state index is 11.8. The maximum Gasteiger partial charge on any atom is 0.326 e. The fourth-order valence-corrected chi connectivity index (χ4v) is 2.75. The van der Waals surface area contributed by atoms with Crippen molar-refractivity contribution in [3.63, 3.8) is 0 Å². The number of hydrogen-bond acceptors (Lipinski definition) is 3. The van der Waals surface area contributed by atoms with Crippen molar-refractivity contribution in [2.45, 2.75) is 26.8 Å². The lowest BCUT2D eigenvalue weighted by Gasteiger charge is -2.27. The first-order valence-electron chi connectivity index (χ1n) is 6.21. The number of ether oxygens (including phenoxy) is 1. The predicted octanol–water partition coefficient (Wildman–Crippen LogP) is 3.21. The molecule has 116 valence electrons. The number of hydrogen-bond donors (Lipinski definition) is 2. The van der Waals surface area contributed by atoms with E-state index in [-0.39, 0.29) is 6.61 Å². The molecule has 0 saturated carbocycles. The minimum atomic E-state index is -1.07. The van der Waals surface area contributed by atoms with Gasteiger partial charge in [-0.25, -0.2) is 4.79 Å². The van der Waals surface area contributed by atoms with Crippen LogP contribution in [0.1, 0.15) is 20.8 Å². The van der Waals surface area contributed by atoms with Crippen molar-refractivity contribution in [3.8, 4) is 5.75 Å². The van der Waals surface area contributed by atoms with E-state index in [9.17, 15) is 9.59 Å². The third-order valence-corrected chi connectivity index (χ3v) is 3.78. The second kappa shape index (κ2) is 7.26. The Morgan fingerprint density at radius 2 is 1.95 bits per heavy atom. The summed E-state index contributed by atoms with van der Waals surface area (Å²) in [5.41, 5.74) is -0.584. The molecule has 1 aromatic carbocycles. The molecule has 0 radical (unpaired) electrons. The van der Waals surface area contributed by atoms with Crippen molar-refractivity contribution in [3.05, 3.63) is 27.1 Å². The summed E-state index contributed by atoms with van der Waals surface area (Å²) < 4.78 is 6.96. The summed E-state index contributed by atoms with van der Waals surface area (Å²) in [7, 11) is 0. The Balaban J connectivity index is 2.63. The Labute approximate surface area is 140 Å². The number of nitrogens with one attached hydrogen (secondary N) is 1. The van der Waals surface area contributed by atoms with Crippen LogP contribution in [0.2, 0.25) is 0 Å². The van der Waals surface area contributed by atoms with E-state index in [1.54, 1.807) is 39.0 Å².